The van der Waals surface area contributed by atoms with Gasteiger partial charge in [0.25, 0.3) is 11.7 Å². The Morgan fingerprint density at radius 3 is 2.48 bits per heavy atom. The van der Waals surface area contributed by atoms with E-state index < -0.39 is 35.1 Å². The molecule has 33 heavy (non-hydrogen) atoms. The monoisotopic (exact) mass is 449 g/mol. The molecular formula is C26H21F2NO4. The Balaban J connectivity index is 1.91. The maximum atomic E-state index is 14.9. The molecule has 0 spiro atoms. The Morgan fingerprint density at radius 2 is 1.76 bits per heavy atom. The summed E-state index contributed by atoms with van der Waals surface area (Å²) in [5.41, 5.74) is 0.0227. The highest BCUT2D eigenvalue weighted by Crippen LogP contribution is 2.43. The van der Waals surface area contributed by atoms with E-state index in [0.717, 1.165) is 17.4 Å². The zero-order valence-electron chi connectivity index (χ0n) is 17.8. The molecule has 1 fully saturated rings. The summed E-state index contributed by atoms with van der Waals surface area (Å²) in [5, 5.41) is 11.1. The van der Waals surface area contributed by atoms with Crippen molar-refractivity contribution in [2.75, 3.05) is 11.5 Å². The third-order valence-electron chi connectivity index (χ3n) is 5.31. The molecule has 0 aliphatic carbocycles. The number of halogens is 2. The first-order chi connectivity index (χ1) is 15.9. The fraction of sp³-hybridized carbons (Fsp3) is 0.154. The van der Waals surface area contributed by atoms with Crippen molar-refractivity contribution in [3.05, 3.63) is 101 Å². The molecule has 0 aromatic heterocycles. The third-order valence-corrected chi connectivity index (χ3v) is 5.31. The Labute approximate surface area is 189 Å². The van der Waals surface area contributed by atoms with Gasteiger partial charge in [-0.2, -0.15) is 0 Å². The van der Waals surface area contributed by atoms with Crippen LogP contribution in [0.25, 0.3) is 5.76 Å². The van der Waals surface area contributed by atoms with E-state index in [0.29, 0.717) is 12.4 Å². The summed E-state index contributed by atoms with van der Waals surface area (Å²) in [6, 6.07) is 15.9. The van der Waals surface area contributed by atoms with Gasteiger partial charge in [-0.25, -0.2) is 8.78 Å². The summed E-state index contributed by atoms with van der Waals surface area (Å²) >= 11 is 0. The summed E-state index contributed by atoms with van der Waals surface area (Å²) < 4.78 is 34.4. The van der Waals surface area contributed by atoms with E-state index in [4.69, 9.17) is 4.74 Å². The Hall–Kier alpha value is -4.00. The van der Waals surface area contributed by atoms with Gasteiger partial charge in [-0.1, -0.05) is 43.3 Å². The minimum atomic E-state index is -1.28. The van der Waals surface area contributed by atoms with Crippen molar-refractivity contribution in [2.24, 2.45) is 0 Å². The molecule has 1 heterocycles. The second kappa shape index (κ2) is 9.24. The van der Waals surface area contributed by atoms with Gasteiger partial charge in [0, 0.05) is 16.8 Å². The first-order valence-corrected chi connectivity index (χ1v) is 10.5. The summed E-state index contributed by atoms with van der Waals surface area (Å²) in [6.45, 7) is 2.41. The van der Waals surface area contributed by atoms with Crippen molar-refractivity contribution in [1.82, 2.24) is 0 Å². The smallest absolute Gasteiger partial charge is 0.300 e. The van der Waals surface area contributed by atoms with Gasteiger partial charge in [-0.15, -0.1) is 0 Å². The number of carbonyl (C=O) groups is 2. The molecule has 1 saturated heterocycles. The molecule has 0 radical (unpaired) electrons. The van der Waals surface area contributed by atoms with Gasteiger partial charge in [-0.3, -0.25) is 14.5 Å². The Morgan fingerprint density at radius 1 is 1.00 bits per heavy atom. The highest BCUT2D eigenvalue weighted by Gasteiger charge is 2.47. The molecular weight excluding hydrogens is 428 g/mol. The van der Waals surface area contributed by atoms with Crippen molar-refractivity contribution in [1.29, 1.82) is 0 Å². The van der Waals surface area contributed by atoms with Crippen LogP contribution in [-0.2, 0) is 9.59 Å². The third kappa shape index (κ3) is 4.22. The highest BCUT2D eigenvalue weighted by molar-refractivity contribution is 6.51. The van der Waals surface area contributed by atoms with Gasteiger partial charge in [0.2, 0.25) is 0 Å². The Bertz CT molecular complexity index is 1250. The number of rotatable bonds is 6. The summed E-state index contributed by atoms with van der Waals surface area (Å²) in [4.78, 5) is 27.1. The molecule has 5 nitrogen and oxygen atoms in total. The van der Waals surface area contributed by atoms with Gasteiger partial charge >= 0.3 is 0 Å². The van der Waals surface area contributed by atoms with Crippen LogP contribution in [0.3, 0.4) is 0 Å². The number of benzene rings is 3. The molecule has 3 aromatic rings. The summed E-state index contributed by atoms with van der Waals surface area (Å²) in [5.74, 6) is -3.27. The predicted octanol–water partition coefficient (Wildman–Crippen LogP) is 5.38. The van der Waals surface area contributed by atoms with E-state index in [9.17, 15) is 23.5 Å². The van der Waals surface area contributed by atoms with Crippen LogP contribution in [0.1, 0.15) is 30.5 Å². The van der Waals surface area contributed by atoms with E-state index in [1.54, 1.807) is 30.3 Å². The summed E-state index contributed by atoms with van der Waals surface area (Å²) in [6.07, 6.45) is 0.780. The largest absolute Gasteiger partial charge is 0.507 e. The number of Topliss-reactive ketones (excluding diaryl/α,β-unsaturated/α-hetero) is 1. The number of hydrogen-bond donors (Lipinski definition) is 1. The lowest BCUT2D eigenvalue weighted by molar-refractivity contribution is -0.132. The van der Waals surface area contributed by atoms with Crippen molar-refractivity contribution in [3.8, 4) is 5.75 Å². The Kier molecular flexibility index (Phi) is 6.22. The van der Waals surface area contributed by atoms with Crippen molar-refractivity contribution < 1.29 is 28.2 Å². The second-order valence-electron chi connectivity index (χ2n) is 7.55. The molecule has 1 amide bonds. The molecule has 1 unspecified atom stereocenters. The first kappa shape index (κ1) is 22.2. The van der Waals surface area contributed by atoms with Gasteiger partial charge in [0.15, 0.2) is 0 Å². The lowest BCUT2D eigenvalue weighted by Crippen LogP contribution is -2.30. The van der Waals surface area contributed by atoms with Gasteiger partial charge in [-0.05, 0) is 42.8 Å². The van der Waals surface area contributed by atoms with Crippen LogP contribution in [0.15, 0.2) is 78.4 Å². The second-order valence-corrected chi connectivity index (χ2v) is 7.55. The standard InChI is InChI=1S/C26H21F2NO4/c1-2-13-33-19-10-5-7-16(14-19)24(30)22-23(20-11-3-4-12-21(20)28)29(26(32)25(22)31)18-9-6-8-17(27)15-18/h3-12,14-15,23,30H,2,13H2,1H3/b24-22+. The predicted molar refractivity (Wildman–Crippen MR) is 120 cm³/mol. The molecule has 1 N–H and O–H groups in total. The number of carbonyl (C=O) groups excluding carboxylic acids is 2. The SMILES string of the molecule is CCCOc1cccc(/C(O)=C2\C(=O)C(=O)N(c3cccc(F)c3)C2c2ccccc2F)c1. The zero-order valence-corrected chi connectivity index (χ0v) is 17.8. The van der Waals surface area contributed by atoms with Crippen LogP contribution in [0.5, 0.6) is 5.75 Å². The number of anilines is 1. The number of aliphatic hydroxyl groups is 1. The van der Waals surface area contributed by atoms with Gasteiger partial charge in [0.05, 0.1) is 18.2 Å². The van der Waals surface area contributed by atoms with Gasteiger partial charge < -0.3 is 9.84 Å². The maximum absolute atomic E-state index is 14.9. The van der Waals surface area contributed by atoms with E-state index in [1.165, 1.54) is 36.4 Å². The van der Waals surface area contributed by atoms with E-state index in [2.05, 4.69) is 0 Å². The molecule has 0 bridgehead atoms. The number of ether oxygens (including phenoxy) is 1. The number of nitrogens with zero attached hydrogens (tertiary/aromatic N) is 1. The average Bonchev–Trinajstić information content (AvgIpc) is 3.08. The maximum Gasteiger partial charge on any atom is 0.300 e. The van der Waals surface area contributed by atoms with Crippen molar-refractivity contribution in [3.63, 3.8) is 0 Å². The first-order valence-electron chi connectivity index (χ1n) is 10.5. The fourth-order valence-electron chi connectivity index (χ4n) is 3.82. The lowest BCUT2D eigenvalue weighted by atomic mass is 9.94. The fourth-order valence-corrected chi connectivity index (χ4v) is 3.82. The van der Waals surface area contributed by atoms with E-state index >= 15 is 0 Å². The van der Waals surface area contributed by atoms with Crippen LogP contribution < -0.4 is 9.64 Å². The molecule has 0 saturated carbocycles. The number of amides is 1. The highest BCUT2D eigenvalue weighted by atomic mass is 19.1. The molecule has 4 rings (SSSR count). The van der Waals surface area contributed by atoms with Crippen LogP contribution in [0.4, 0.5) is 14.5 Å². The van der Waals surface area contributed by atoms with Crippen LogP contribution >= 0.6 is 0 Å². The minimum absolute atomic E-state index is 0.000832. The molecule has 168 valence electrons. The minimum Gasteiger partial charge on any atom is -0.507 e. The van der Waals surface area contributed by atoms with Crippen LogP contribution in [-0.4, -0.2) is 23.4 Å². The van der Waals surface area contributed by atoms with Crippen LogP contribution in [0, 0.1) is 11.6 Å². The topological polar surface area (TPSA) is 66.8 Å². The summed E-state index contributed by atoms with van der Waals surface area (Å²) in [7, 11) is 0. The van der Waals surface area contributed by atoms with Gasteiger partial charge in [0.1, 0.15) is 23.1 Å². The molecule has 1 atom stereocenters. The van der Waals surface area contributed by atoms with Crippen molar-refractivity contribution >= 4 is 23.1 Å². The number of ketones is 1. The average molecular weight is 449 g/mol. The van der Waals surface area contributed by atoms with Crippen LogP contribution in [0.2, 0.25) is 0 Å². The van der Waals surface area contributed by atoms with Crippen molar-refractivity contribution in [2.45, 2.75) is 19.4 Å². The number of hydrogen-bond acceptors (Lipinski definition) is 4. The normalized spacial score (nSPS) is 17.4. The molecule has 3 aromatic carbocycles. The molecule has 7 heteroatoms. The molecule has 1 aliphatic heterocycles. The lowest BCUT2D eigenvalue weighted by Gasteiger charge is -2.25. The van der Waals surface area contributed by atoms with E-state index in [1.807, 2.05) is 6.92 Å². The molecule has 1 aliphatic rings. The van der Waals surface area contributed by atoms with E-state index in [-0.39, 0.29) is 22.4 Å². The quantitative estimate of drug-likeness (QED) is 0.312. The number of aliphatic hydroxyl groups excluding tert-OH is 1. The zero-order chi connectivity index (χ0) is 23.5.